The number of carbonyl (C=O) groups is 1. The molecule has 0 saturated heterocycles. The van der Waals surface area contributed by atoms with Crippen molar-refractivity contribution in [3.8, 4) is 5.75 Å². The van der Waals surface area contributed by atoms with E-state index in [-0.39, 0.29) is 5.91 Å². The van der Waals surface area contributed by atoms with Gasteiger partial charge in [-0.05, 0) is 49.3 Å². The standard InChI is InChI=1S/C18H27NO2/c1-14(2)8-6-4-5-7-9-18(21)19-13-16-10-11-17(20)15(3)12-16/h6,8,10-12,14,20H,4-5,7,9,13H2,1-3H3,(H,19,21)/b8-6+. The van der Waals surface area contributed by atoms with Gasteiger partial charge in [0.1, 0.15) is 5.75 Å². The second kappa shape index (κ2) is 9.22. The van der Waals surface area contributed by atoms with E-state index in [4.69, 9.17) is 0 Å². The molecule has 0 radical (unpaired) electrons. The molecule has 0 aliphatic heterocycles. The van der Waals surface area contributed by atoms with E-state index < -0.39 is 0 Å². The highest BCUT2D eigenvalue weighted by atomic mass is 16.3. The fourth-order valence-electron chi connectivity index (χ4n) is 2.03. The van der Waals surface area contributed by atoms with E-state index in [1.54, 1.807) is 6.07 Å². The summed E-state index contributed by atoms with van der Waals surface area (Å²) in [7, 11) is 0. The zero-order valence-electron chi connectivity index (χ0n) is 13.4. The second-order valence-corrected chi connectivity index (χ2v) is 5.82. The lowest BCUT2D eigenvalue weighted by Crippen LogP contribution is -2.22. The highest BCUT2D eigenvalue weighted by Crippen LogP contribution is 2.16. The van der Waals surface area contributed by atoms with Crippen molar-refractivity contribution in [1.29, 1.82) is 0 Å². The van der Waals surface area contributed by atoms with E-state index in [0.717, 1.165) is 30.4 Å². The number of nitrogens with one attached hydrogen (secondary N) is 1. The predicted molar refractivity (Wildman–Crippen MR) is 87.1 cm³/mol. The lowest BCUT2D eigenvalue weighted by Gasteiger charge is -2.07. The maximum absolute atomic E-state index is 11.7. The van der Waals surface area contributed by atoms with Crippen LogP contribution in [0.4, 0.5) is 0 Å². The molecule has 0 unspecified atom stereocenters. The predicted octanol–water partition coefficient (Wildman–Crippen LogP) is 4.09. The Balaban J connectivity index is 2.18. The number of benzene rings is 1. The summed E-state index contributed by atoms with van der Waals surface area (Å²) >= 11 is 0. The van der Waals surface area contributed by atoms with Crippen LogP contribution in [-0.4, -0.2) is 11.0 Å². The zero-order valence-corrected chi connectivity index (χ0v) is 13.4. The van der Waals surface area contributed by atoms with Crippen LogP contribution in [0.5, 0.6) is 5.75 Å². The molecule has 3 heteroatoms. The molecule has 0 atom stereocenters. The molecule has 0 fully saturated rings. The van der Waals surface area contributed by atoms with E-state index in [1.165, 1.54) is 0 Å². The third-order valence-electron chi connectivity index (χ3n) is 3.30. The number of rotatable bonds is 8. The third kappa shape index (κ3) is 7.54. The van der Waals surface area contributed by atoms with Crippen molar-refractivity contribution >= 4 is 5.91 Å². The fourth-order valence-corrected chi connectivity index (χ4v) is 2.03. The van der Waals surface area contributed by atoms with Crippen LogP contribution in [0.1, 0.15) is 50.7 Å². The Morgan fingerprint density at radius 1 is 1.33 bits per heavy atom. The van der Waals surface area contributed by atoms with Crippen LogP contribution in [0.3, 0.4) is 0 Å². The van der Waals surface area contributed by atoms with Gasteiger partial charge in [-0.3, -0.25) is 4.79 Å². The monoisotopic (exact) mass is 289 g/mol. The number of aromatic hydroxyl groups is 1. The first-order valence-electron chi connectivity index (χ1n) is 7.71. The number of hydrogen-bond acceptors (Lipinski definition) is 2. The van der Waals surface area contributed by atoms with Crippen LogP contribution >= 0.6 is 0 Å². The number of allylic oxidation sites excluding steroid dienone is 2. The van der Waals surface area contributed by atoms with Gasteiger partial charge in [-0.15, -0.1) is 0 Å². The summed E-state index contributed by atoms with van der Waals surface area (Å²) in [6, 6.07) is 5.39. The average Bonchev–Trinajstić information content (AvgIpc) is 2.43. The first kappa shape index (κ1) is 17.3. The van der Waals surface area contributed by atoms with Crippen LogP contribution in [0.2, 0.25) is 0 Å². The lowest BCUT2D eigenvalue weighted by atomic mass is 10.1. The Hall–Kier alpha value is -1.77. The molecule has 1 rings (SSSR count). The summed E-state index contributed by atoms with van der Waals surface area (Å²) < 4.78 is 0. The number of hydrogen-bond donors (Lipinski definition) is 2. The number of aryl methyl sites for hydroxylation is 1. The molecule has 0 aliphatic carbocycles. The summed E-state index contributed by atoms with van der Waals surface area (Å²) in [4.78, 5) is 11.7. The molecule has 0 aromatic heterocycles. The normalized spacial score (nSPS) is 11.2. The molecule has 1 amide bonds. The Bertz CT molecular complexity index is 478. The quantitative estimate of drug-likeness (QED) is 0.559. The fraction of sp³-hybridized carbons (Fsp3) is 0.500. The molecule has 1 aromatic rings. The minimum atomic E-state index is 0.0913. The average molecular weight is 289 g/mol. The Morgan fingerprint density at radius 3 is 2.76 bits per heavy atom. The van der Waals surface area contributed by atoms with Gasteiger partial charge in [0.25, 0.3) is 0 Å². The van der Waals surface area contributed by atoms with Crippen molar-refractivity contribution < 1.29 is 9.90 Å². The minimum Gasteiger partial charge on any atom is -0.508 e. The van der Waals surface area contributed by atoms with E-state index in [0.29, 0.717) is 24.6 Å². The number of amides is 1. The Labute approximate surface area is 128 Å². The van der Waals surface area contributed by atoms with Crippen molar-refractivity contribution in [3.63, 3.8) is 0 Å². The van der Waals surface area contributed by atoms with E-state index in [2.05, 4.69) is 31.3 Å². The molecule has 3 nitrogen and oxygen atoms in total. The van der Waals surface area contributed by atoms with Gasteiger partial charge in [0.05, 0.1) is 0 Å². The summed E-state index contributed by atoms with van der Waals surface area (Å²) in [5.41, 5.74) is 1.84. The van der Waals surface area contributed by atoms with Crippen molar-refractivity contribution in [2.45, 2.75) is 53.0 Å². The van der Waals surface area contributed by atoms with Crippen LogP contribution < -0.4 is 5.32 Å². The van der Waals surface area contributed by atoms with Crippen molar-refractivity contribution in [2.24, 2.45) is 5.92 Å². The van der Waals surface area contributed by atoms with Crippen molar-refractivity contribution in [3.05, 3.63) is 41.5 Å². The summed E-state index contributed by atoms with van der Waals surface area (Å²) in [5.74, 6) is 0.982. The lowest BCUT2D eigenvalue weighted by molar-refractivity contribution is -0.121. The third-order valence-corrected chi connectivity index (χ3v) is 3.30. The van der Waals surface area contributed by atoms with Gasteiger partial charge < -0.3 is 10.4 Å². The maximum Gasteiger partial charge on any atom is 0.220 e. The zero-order chi connectivity index (χ0) is 15.7. The molecular weight excluding hydrogens is 262 g/mol. The summed E-state index contributed by atoms with van der Waals surface area (Å²) in [6.07, 6.45) is 7.99. The maximum atomic E-state index is 11.7. The molecule has 2 N–H and O–H groups in total. The Kier molecular flexibility index (Phi) is 7.59. The largest absolute Gasteiger partial charge is 0.508 e. The van der Waals surface area contributed by atoms with Gasteiger partial charge in [-0.1, -0.05) is 38.1 Å². The highest BCUT2D eigenvalue weighted by molar-refractivity contribution is 5.75. The molecule has 21 heavy (non-hydrogen) atoms. The van der Waals surface area contributed by atoms with E-state index >= 15 is 0 Å². The molecule has 0 bridgehead atoms. The molecule has 0 spiro atoms. The SMILES string of the molecule is Cc1cc(CNC(=O)CCCC/C=C/C(C)C)ccc1O. The van der Waals surface area contributed by atoms with E-state index in [9.17, 15) is 9.90 Å². The van der Waals surface area contributed by atoms with Crippen LogP contribution in [0.25, 0.3) is 0 Å². The molecule has 0 aliphatic rings. The second-order valence-electron chi connectivity index (χ2n) is 5.82. The Morgan fingerprint density at radius 2 is 2.10 bits per heavy atom. The number of phenols is 1. The molecule has 0 saturated carbocycles. The van der Waals surface area contributed by atoms with Gasteiger partial charge in [-0.2, -0.15) is 0 Å². The molecule has 1 aromatic carbocycles. The van der Waals surface area contributed by atoms with Gasteiger partial charge in [-0.25, -0.2) is 0 Å². The van der Waals surface area contributed by atoms with Gasteiger partial charge in [0.2, 0.25) is 5.91 Å². The topological polar surface area (TPSA) is 49.3 Å². The smallest absolute Gasteiger partial charge is 0.220 e. The van der Waals surface area contributed by atoms with Crippen molar-refractivity contribution in [1.82, 2.24) is 5.32 Å². The minimum absolute atomic E-state index is 0.0913. The summed E-state index contributed by atoms with van der Waals surface area (Å²) in [6.45, 7) is 6.70. The molecule has 0 heterocycles. The highest BCUT2D eigenvalue weighted by Gasteiger charge is 2.02. The van der Waals surface area contributed by atoms with E-state index in [1.807, 2.05) is 19.1 Å². The van der Waals surface area contributed by atoms with Crippen LogP contribution in [-0.2, 0) is 11.3 Å². The van der Waals surface area contributed by atoms with Gasteiger partial charge >= 0.3 is 0 Å². The number of carbonyl (C=O) groups excluding carboxylic acids is 1. The van der Waals surface area contributed by atoms with Gasteiger partial charge in [0, 0.05) is 13.0 Å². The first-order chi connectivity index (χ1) is 9.99. The molecular formula is C18H27NO2. The van der Waals surface area contributed by atoms with Crippen LogP contribution in [0, 0.1) is 12.8 Å². The molecule has 116 valence electrons. The van der Waals surface area contributed by atoms with Gasteiger partial charge in [0.15, 0.2) is 0 Å². The number of unbranched alkanes of at least 4 members (excludes halogenated alkanes) is 2. The first-order valence-corrected chi connectivity index (χ1v) is 7.71. The number of phenolic OH excluding ortho intramolecular Hbond substituents is 1. The van der Waals surface area contributed by atoms with Crippen LogP contribution in [0.15, 0.2) is 30.4 Å². The summed E-state index contributed by atoms with van der Waals surface area (Å²) in [5, 5.41) is 12.4. The van der Waals surface area contributed by atoms with Crippen molar-refractivity contribution in [2.75, 3.05) is 0 Å².